The van der Waals surface area contributed by atoms with E-state index in [1.54, 1.807) is 0 Å². The van der Waals surface area contributed by atoms with E-state index in [4.69, 9.17) is 0 Å². The van der Waals surface area contributed by atoms with Gasteiger partial charge in [-0.05, 0) is 49.4 Å². The minimum Gasteiger partial charge on any atom is -0.326 e. The zero-order valence-corrected chi connectivity index (χ0v) is 13.8. The Kier molecular flexibility index (Phi) is 4.86. The summed E-state index contributed by atoms with van der Waals surface area (Å²) >= 11 is 3.42. The standard InChI is InChI=1S/C14H18BrNO3S/c1-10-8-12(2-3-13(10)15)16-14(17)9-11-4-6-20(18,19)7-5-11/h2-3,8,11H,4-7,9H2,1H3,(H,16,17). The van der Waals surface area contributed by atoms with Crippen molar-refractivity contribution < 1.29 is 13.2 Å². The molecule has 0 unspecified atom stereocenters. The van der Waals surface area contributed by atoms with Gasteiger partial charge in [-0.3, -0.25) is 4.79 Å². The zero-order valence-electron chi connectivity index (χ0n) is 11.4. The van der Waals surface area contributed by atoms with Crippen molar-refractivity contribution >= 4 is 37.4 Å². The number of amides is 1. The van der Waals surface area contributed by atoms with Crippen molar-refractivity contribution in [2.75, 3.05) is 16.8 Å². The number of carbonyl (C=O) groups is 1. The van der Waals surface area contributed by atoms with Crippen molar-refractivity contribution in [2.45, 2.75) is 26.2 Å². The molecule has 1 aliphatic rings. The second-order valence-corrected chi connectivity index (χ2v) is 8.47. The Morgan fingerprint density at radius 3 is 2.60 bits per heavy atom. The second-order valence-electron chi connectivity index (χ2n) is 5.31. The molecule has 1 aromatic carbocycles. The summed E-state index contributed by atoms with van der Waals surface area (Å²) in [5.74, 6) is 0.552. The Labute approximate surface area is 128 Å². The van der Waals surface area contributed by atoms with Gasteiger partial charge in [0, 0.05) is 16.6 Å². The first kappa shape index (κ1) is 15.5. The summed E-state index contributed by atoms with van der Waals surface area (Å²) in [6, 6.07) is 5.66. The number of hydrogen-bond acceptors (Lipinski definition) is 3. The Morgan fingerprint density at radius 2 is 2.00 bits per heavy atom. The van der Waals surface area contributed by atoms with Gasteiger partial charge in [0.05, 0.1) is 11.5 Å². The lowest BCUT2D eigenvalue weighted by molar-refractivity contribution is -0.117. The highest BCUT2D eigenvalue weighted by Gasteiger charge is 2.25. The van der Waals surface area contributed by atoms with Crippen molar-refractivity contribution in [1.29, 1.82) is 0 Å². The van der Waals surface area contributed by atoms with Crippen LogP contribution in [-0.2, 0) is 14.6 Å². The van der Waals surface area contributed by atoms with Gasteiger partial charge in [-0.15, -0.1) is 0 Å². The van der Waals surface area contributed by atoms with Crippen LogP contribution in [0.25, 0.3) is 0 Å². The van der Waals surface area contributed by atoms with Crippen LogP contribution in [0.4, 0.5) is 5.69 Å². The molecule has 1 heterocycles. The molecule has 0 spiro atoms. The fourth-order valence-electron chi connectivity index (χ4n) is 2.34. The molecule has 0 bridgehead atoms. The van der Waals surface area contributed by atoms with Crippen LogP contribution >= 0.6 is 15.9 Å². The smallest absolute Gasteiger partial charge is 0.224 e. The topological polar surface area (TPSA) is 63.2 Å². The minimum absolute atomic E-state index is 0.0454. The first-order valence-corrected chi connectivity index (χ1v) is 9.23. The number of anilines is 1. The molecule has 2 rings (SSSR count). The van der Waals surface area contributed by atoms with E-state index in [0.29, 0.717) is 19.3 Å². The van der Waals surface area contributed by atoms with E-state index in [1.807, 2.05) is 25.1 Å². The number of hydrogen-bond donors (Lipinski definition) is 1. The van der Waals surface area contributed by atoms with Crippen LogP contribution in [0, 0.1) is 12.8 Å². The Hall–Kier alpha value is -0.880. The quantitative estimate of drug-likeness (QED) is 0.902. The molecule has 1 saturated heterocycles. The number of benzene rings is 1. The molecule has 1 fully saturated rings. The van der Waals surface area contributed by atoms with Crippen molar-refractivity contribution in [1.82, 2.24) is 0 Å². The Balaban J connectivity index is 1.88. The number of rotatable bonds is 3. The normalized spacial score (nSPS) is 18.7. The van der Waals surface area contributed by atoms with Crippen LogP contribution in [0.3, 0.4) is 0 Å². The molecule has 0 aromatic heterocycles. The van der Waals surface area contributed by atoms with Gasteiger partial charge in [-0.1, -0.05) is 15.9 Å². The lowest BCUT2D eigenvalue weighted by Crippen LogP contribution is -2.26. The summed E-state index contributed by atoms with van der Waals surface area (Å²) < 4.78 is 23.7. The van der Waals surface area contributed by atoms with Gasteiger partial charge < -0.3 is 5.32 Å². The third-order valence-electron chi connectivity index (χ3n) is 3.59. The Bertz CT molecular complexity index is 599. The molecule has 6 heteroatoms. The van der Waals surface area contributed by atoms with E-state index >= 15 is 0 Å². The number of aryl methyl sites for hydroxylation is 1. The summed E-state index contributed by atoms with van der Waals surface area (Å²) in [6.07, 6.45) is 1.58. The summed E-state index contributed by atoms with van der Waals surface area (Å²) in [5, 5.41) is 2.87. The van der Waals surface area contributed by atoms with Gasteiger partial charge in [-0.25, -0.2) is 8.42 Å². The highest BCUT2D eigenvalue weighted by Crippen LogP contribution is 2.24. The lowest BCUT2D eigenvalue weighted by Gasteiger charge is -2.21. The maximum Gasteiger partial charge on any atom is 0.224 e. The average Bonchev–Trinajstić information content (AvgIpc) is 2.36. The van der Waals surface area contributed by atoms with Gasteiger partial charge in [0.15, 0.2) is 0 Å². The first-order valence-electron chi connectivity index (χ1n) is 6.62. The van der Waals surface area contributed by atoms with E-state index in [2.05, 4.69) is 21.2 Å². The molecule has 4 nitrogen and oxygen atoms in total. The van der Waals surface area contributed by atoms with Gasteiger partial charge >= 0.3 is 0 Å². The zero-order chi connectivity index (χ0) is 14.8. The average molecular weight is 360 g/mol. The predicted octanol–water partition coefficient (Wildman–Crippen LogP) is 2.91. The van der Waals surface area contributed by atoms with Crippen LogP contribution in [0.2, 0.25) is 0 Å². The molecule has 0 aliphatic carbocycles. The largest absolute Gasteiger partial charge is 0.326 e. The first-order chi connectivity index (χ1) is 9.35. The number of carbonyl (C=O) groups excluding carboxylic acids is 1. The van der Waals surface area contributed by atoms with Crippen molar-refractivity contribution in [3.05, 3.63) is 28.2 Å². The highest BCUT2D eigenvalue weighted by atomic mass is 79.9. The lowest BCUT2D eigenvalue weighted by atomic mass is 9.98. The molecule has 1 aromatic rings. The monoisotopic (exact) mass is 359 g/mol. The maximum atomic E-state index is 12.0. The van der Waals surface area contributed by atoms with Crippen LogP contribution < -0.4 is 5.32 Å². The second kappa shape index (κ2) is 6.26. The molecule has 0 saturated carbocycles. The molecule has 0 radical (unpaired) electrons. The number of halogens is 1. The van der Waals surface area contributed by atoms with Gasteiger partial charge in [-0.2, -0.15) is 0 Å². The van der Waals surface area contributed by atoms with E-state index in [1.165, 1.54) is 0 Å². The SMILES string of the molecule is Cc1cc(NC(=O)CC2CCS(=O)(=O)CC2)ccc1Br. The summed E-state index contributed by atoms with van der Waals surface area (Å²) in [7, 11) is -2.86. The van der Waals surface area contributed by atoms with Crippen molar-refractivity contribution in [3.63, 3.8) is 0 Å². The molecule has 110 valence electrons. The van der Waals surface area contributed by atoms with Crippen LogP contribution in [0.15, 0.2) is 22.7 Å². The summed E-state index contributed by atoms with van der Waals surface area (Å²) in [6.45, 7) is 1.96. The molecule has 0 atom stereocenters. The molecule has 1 aliphatic heterocycles. The fourth-order valence-corrected chi connectivity index (χ4v) is 4.18. The molecular weight excluding hydrogens is 342 g/mol. The van der Waals surface area contributed by atoms with E-state index < -0.39 is 9.84 Å². The van der Waals surface area contributed by atoms with Gasteiger partial charge in [0.2, 0.25) is 5.91 Å². The van der Waals surface area contributed by atoms with Crippen molar-refractivity contribution in [3.8, 4) is 0 Å². The third-order valence-corrected chi connectivity index (χ3v) is 6.20. The summed E-state index contributed by atoms with van der Waals surface area (Å²) in [5.41, 5.74) is 1.84. The molecule has 1 amide bonds. The van der Waals surface area contributed by atoms with Crippen LogP contribution in [0.1, 0.15) is 24.8 Å². The van der Waals surface area contributed by atoms with E-state index in [-0.39, 0.29) is 23.3 Å². The third kappa shape index (κ3) is 4.31. The van der Waals surface area contributed by atoms with Crippen LogP contribution in [-0.4, -0.2) is 25.8 Å². The van der Waals surface area contributed by atoms with Gasteiger partial charge in [0.1, 0.15) is 9.84 Å². The Morgan fingerprint density at radius 1 is 1.35 bits per heavy atom. The fraction of sp³-hybridized carbons (Fsp3) is 0.500. The molecule has 1 N–H and O–H groups in total. The summed E-state index contributed by atoms with van der Waals surface area (Å²) in [4.78, 5) is 12.0. The minimum atomic E-state index is -2.86. The van der Waals surface area contributed by atoms with Gasteiger partial charge in [0.25, 0.3) is 0 Å². The molecule has 20 heavy (non-hydrogen) atoms. The van der Waals surface area contributed by atoms with E-state index in [0.717, 1.165) is 15.7 Å². The predicted molar refractivity (Wildman–Crippen MR) is 83.5 cm³/mol. The number of sulfone groups is 1. The highest BCUT2D eigenvalue weighted by molar-refractivity contribution is 9.10. The maximum absolute atomic E-state index is 12.0. The molecular formula is C14H18BrNO3S. The van der Waals surface area contributed by atoms with Crippen LogP contribution in [0.5, 0.6) is 0 Å². The number of nitrogens with one attached hydrogen (secondary N) is 1. The van der Waals surface area contributed by atoms with E-state index in [9.17, 15) is 13.2 Å². The van der Waals surface area contributed by atoms with Crippen molar-refractivity contribution in [2.24, 2.45) is 5.92 Å².